The van der Waals surface area contributed by atoms with Crippen molar-refractivity contribution in [1.29, 1.82) is 0 Å². The van der Waals surface area contributed by atoms with Gasteiger partial charge in [-0.1, -0.05) is 27.5 Å². The SMILES string of the molecule is COc1ccc(Br)cc1-c1nc(COC(=O)c2ccc([N+](=O)[O-])cc2Cl)cs1. The number of carbonyl (C=O) groups excluding carboxylic acids is 1. The van der Waals surface area contributed by atoms with E-state index < -0.39 is 10.9 Å². The van der Waals surface area contributed by atoms with Crippen LogP contribution in [0.1, 0.15) is 16.1 Å². The molecule has 0 radical (unpaired) electrons. The van der Waals surface area contributed by atoms with Crippen LogP contribution in [0.15, 0.2) is 46.3 Å². The van der Waals surface area contributed by atoms with Crippen molar-refractivity contribution in [3.05, 3.63) is 72.6 Å². The molecule has 0 saturated heterocycles. The van der Waals surface area contributed by atoms with Crippen molar-refractivity contribution >= 4 is 50.5 Å². The van der Waals surface area contributed by atoms with E-state index in [4.69, 9.17) is 21.1 Å². The summed E-state index contributed by atoms with van der Waals surface area (Å²) in [5.41, 5.74) is 1.23. The number of hydrogen-bond acceptors (Lipinski definition) is 7. The molecule has 1 heterocycles. The molecule has 0 aliphatic rings. The van der Waals surface area contributed by atoms with Gasteiger partial charge in [-0.2, -0.15) is 0 Å². The number of non-ortho nitro benzene ring substituents is 1. The van der Waals surface area contributed by atoms with Crippen molar-refractivity contribution < 1.29 is 19.2 Å². The van der Waals surface area contributed by atoms with Crippen molar-refractivity contribution in [3.8, 4) is 16.3 Å². The number of aromatic nitrogens is 1. The van der Waals surface area contributed by atoms with Crippen LogP contribution in [0.4, 0.5) is 5.69 Å². The van der Waals surface area contributed by atoms with E-state index in [9.17, 15) is 14.9 Å². The number of ether oxygens (including phenoxy) is 2. The largest absolute Gasteiger partial charge is 0.496 e. The van der Waals surface area contributed by atoms with E-state index in [1.165, 1.54) is 23.5 Å². The molecule has 0 aliphatic carbocycles. The van der Waals surface area contributed by atoms with Gasteiger partial charge in [-0.15, -0.1) is 11.3 Å². The Morgan fingerprint density at radius 2 is 2.11 bits per heavy atom. The molecule has 0 N–H and O–H groups in total. The van der Waals surface area contributed by atoms with E-state index in [1.54, 1.807) is 12.5 Å². The first-order valence-electron chi connectivity index (χ1n) is 7.78. The van der Waals surface area contributed by atoms with Gasteiger partial charge in [0, 0.05) is 22.0 Å². The summed E-state index contributed by atoms with van der Waals surface area (Å²) in [5, 5.41) is 13.2. The Bertz CT molecular complexity index is 1060. The zero-order valence-corrected chi connectivity index (χ0v) is 17.5. The van der Waals surface area contributed by atoms with E-state index in [2.05, 4.69) is 20.9 Å². The first kappa shape index (κ1) is 20.2. The van der Waals surface area contributed by atoms with Gasteiger partial charge in [-0.05, 0) is 24.3 Å². The molecule has 0 saturated carbocycles. The minimum Gasteiger partial charge on any atom is -0.496 e. The minimum atomic E-state index is -0.686. The van der Waals surface area contributed by atoms with Crippen LogP contribution in [0.2, 0.25) is 5.02 Å². The number of rotatable bonds is 6. The molecule has 1 aromatic heterocycles. The highest BCUT2D eigenvalue weighted by Crippen LogP contribution is 2.34. The molecule has 0 atom stereocenters. The second kappa shape index (κ2) is 8.68. The number of nitrogens with zero attached hydrogens (tertiary/aromatic N) is 2. The summed E-state index contributed by atoms with van der Waals surface area (Å²) >= 11 is 10.8. The lowest BCUT2D eigenvalue weighted by molar-refractivity contribution is -0.384. The number of benzene rings is 2. The molecule has 0 amide bonds. The number of nitro groups is 1. The molecule has 0 unspecified atom stereocenters. The quantitative estimate of drug-likeness (QED) is 0.261. The Kier molecular flexibility index (Phi) is 6.28. The van der Waals surface area contributed by atoms with Crippen molar-refractivity contribution in [2.24, 2.45) is 0 Å². The van der Waals surface area contributed by atoms with Gasteiger partial charge in [0.05, 0.1) is 33.9 Å². The second-order valence-corrected chi connectivity index (χ2v) is 7.67. The lowest BCUT2D eigenvalue weighted by Gasteiger charge is -2.06. The highest BCUT2D eigenvalue weighted by atomic mass is 79.9. The topological polar surface area (TPSA) is 91.6 Å². The molecule has 2 aromatic carbocycles. The second-order valence-electron chi connectivity index (χ2n) is 5.49. The fourth-order valence-corrected chi connectivity index (χ4v) is 3.78. The molecule has 3 aromatic rings. The number of methoxy groups -OCH3 is 1. The lowest BCUT2D eigenvalue weighted by Crippen LogP contribution is -2.06. The molecule has 0 aliphatic heterocycles. The summed E-state index contributed by atoms with van der Waals surface area (Å²) in [5.74, 6) is -0.00626. The first-order chi connectivity index (χ1) is 13.4. The van der Waals surface area contributed by atoms with Crippen LogP contribution >= 0.6 is 38.9 Å². The van der Waals surface area contributed by atoms with Crippen molar-refractivity contribution in [2.45, 2.75) is 6.61 Å². The molecule has 0 spiro atoms. The van der Waals surface area contributed by atoms with Gasteiger partial charge in [0.25, 0.3) is 5.69 Å². The van der Waals surface area contributed by atoms with Crippen LogP contribution in [-0.2, 0) is 11.3 Å². The van der Waals surface area contributed by atoms with E-state index in [0.717, 1.165) is 21.1 Å². The highest BCUT2D eigenvalue weighted by Gasteiger charge is 2.17. The zero-order valence-electron chi connectivity index (χ0n) is 14.3. The predicted octanol–water partition coefficient (Wildman–Crippen LogP) is 5.50. The van der Waals surface area contributed by atoms with E-state index in [1.807, 2.05) is 18.2 Å². The van der Waals surface area contributed by atoms with Gasteiger partial charge in [0.1, 0.15) is 17.4 Å². The summed E-state index contributed by atoms with van der Waals surface area (Å²) in [4.78, 5) is 26.8. The fourth-order valence-electron chi connectivity index (χ4n) is 2.34. The van der Waals surface area contributed by atoms with Crippen LogP contribution in [-0.4, -0.2) is 23.0 Å². The van der Waals surface area contributed by atoms with Gasteiger partial charge in [-0.3, -0.25) is 10.1 Å². The monoisotopic (exact) mass is 482 g/mol. The molecular formula is C18H12BrClN2O5S. The van der Waals surface area contributed by atoms with E-state index >= 15 is 0 Å². The van der Waals surface area contributed by atoms with Crippen LogP contribution in [0.3, 0.4) is 0 Å². The molecule has 3 rings (SSSR count). The molecule has 7 nitrogen and oxygen atoms in total. The lowest BCUT2D eigenvalue weighted by atomic mass is 10.2. The molecule has 144 valence electrons. The maximum Gasteiger partial charge on any atom is 0.340 e. The Balaban J connectivity index is 1.72. The number of carbonyl (C=O) groups is 1. The van der Waals surface area contributed by atoms with Crippen LogP contribution in [0.25, 0.3) is 10.6 Å². The molecule has 10 heteroatoms. The zero-order chi connectivity index (χ0) is 20.3. The standard InChI is InChI=1S/C18H12BrClN2O5S/c1-26-16-5-2-10(19)6-14(16)17-21-11(9-28-17)8-27-18(23)13-4-3-12(22(24)25)7-15(13)20/h2-7,9H,8H2,1H3. The fraction of sp³-hybridized carbons (Fsp3) is 0.111. The van der Waals surface area contributed by atoms with Gasteiger partial charge < -0.3 is 9.47 Å². The Labute approximate surface area is 177 Å². The summed E-state index contributed by atoms with van der Waals surface area (Å²) in [7, 11) is 1.58. The number of nitro benzene ring substituents is 1. The summed E-state index contributed by atoms with van der Waals surface area (Å²) in [6, 6.07) is 9.16. The average molecular weight is 484 g/mol. The van der Waals surface area contributed by atoms with Crippen molar-refractivity contribution in [2.75, 3.05) is 7.11 Å². The number of hydrogen-bond donors (Lipinski definition) is 0. The normalized spacial score (nSPS) is 10.5. The summed E-state index contributed by atoms with van der Waals surface area (Å²) in [6.45, 7) is -0.0566. The van der Waals surface area contributed by atoms with Crippen LogP contribution in [0.5, 0.6) is 5.75 Å². The third-order valence-electron chi connectivity index (χ3n) is 3.68. The molecule has 0 fully saturated rings. The van der Waals surface area contributed by atoms with E-state index in [-0.39, 0.29) is 22.9 Å². The van der Waals surface area contributed by atoms with Crippen molar-refractivity contribution in [3.63, 3.8) is 0 Å². The summed E-state index contributed by atoms with van der Waals surface area (Å²) in [6.07, 6.45) is 0. The minimum absolute atomic E-state index is 0.0444. The number of halogens is 2. The molecular weight excluding hydrogens is 472 g/mol. The maximum absolute atomic E-state index is 12.2. The summed E-state index contributed by atoms with van der Waals surface area (Å²) < 4.78 is 11.5. The predicted molar refractivity (Wildman–Crippen MR) is 109 cm³/mol. The van der Waals surface area contributed by atoms with Crippen LogP contribution in [0, 0.1) is 10.1 Å². The number of esters is 1. The third kappa shape index (κ3) is 4.49. The first-order valence-corrected chi connectivity index (χ1v) is 9.83. The van der Waals surface area contributed by atoms with Gasteiger partial charge in [-0.25, -0.2) is 9.78 Å². The Morgan fingerprint density at radius 1 is 1.32 bits per heavy atom. The van der Waals surface area contributed by atoms with Gasteiger partial charge >= 0.3 is 5.97 Å². The average Bonchev–Trinajstić information content (AvgIpc) is 3.14. The Morgan fingerprint density at radius 3 is 2.79 bits per heavy atom. The molecule has 0 bridgehead atoms. The van der Waals surface area contributed by atoms with Gasteiger partial charge in [0.15, 0.2) is 0 Å². The van der Waals surface area contributed by atoms with Gasteiger partial charge in [0.2, 0.25) is 0 Å². The van der Waals surface area contributed by atoms with E-state index in [0.29, 0.717) is 11.4 Å². The third-order valence-corrected chi connectivity index (χ3v) is 5.41. The highest BCUT2D eigenvalue weighted by molar-refractivity contribution is 9.10. The Hall–Kier alpha value is -2.49. The molecule has 28 heavy (non-hydrogen) atoms. The smallest absolute Gasteiger partial charge is 0.340 e. The number of thiazole rings is 1. The van der Waals surface area contributed by atoms with Crippen LogP contribution < -0.4 is 4.74 Å². The maximum atomic E-state index is 12.2. The van der Waals surface area contributed by atoms with Crippen molar-refractivity contribution in [1.82, 2.24) is 4.98 Å².